The van der Waals surface area contributed by atoms with Crippen molar-refractivity contribution in [3.05, 3.63) is 97.5 Å². The number of hydrogen-bond acceptors (Lipinski definition) is 5. The maximum Gasteiger partial charge on any atom is 0.338 e. The minimum atomic E-state index is -1.72. The van der Waals surface area contributed by atoms with Crippen molar-refractivity contribution in [3.8, 4) is 0 Å². The number of carbonyl (C=O) groups excluding carboxylic acids is 2. The highest BCUT2D eigenvalue weighted by atomic mass is 35.5. The summed E-state index contributed by atoms with van der Waals surface area (Å²) < 4.78 is 21.8. The van der Waals surface area contributed by atoms with Crippen LogP contribution in [0.1, 0.15) is 51.6 Å². The van der Waals surface area contributed by atoms with E-state index in [0.717, 1.165) is 11.1 Å². The van der Waals surface area contributed by atoms with E-state index in [1.807, 2.05) is 6.07 Å². The van der Waals surface area contributed by atoms with E-state index in [-0.39, 0.29) is 17.1 Å². The molecule has 41 heavy (non-hydrogen) atoms. The Hall–Kier alpha value is -3.50. The van der Waals surface area contributed by atoms with Gasteiger partial charge in [0, 0.05) is 28.0 Å². The third-order valence-corrected chi connectivity index (χ3v) is 9.93. The van der Waals surface area contributed by atoms with Gasteiger partial charge in [0.05, 0.1) is 47.1 Å². The van der Waals surface area contributed by atoms with Gasteiger partial charge in [0.25, 0.3) is 5.91 Å². The Morgan fingerprint density at radius 2 is 2.05 bits per heavy atom. The van der Waals surface area contributed by atoms with E-state index in [9.17, 15) is 9.59 Å². The van der Waals surface area contributed by atoms with Crippen molar-refractivity contribution in [1.82, 2.24) is 9.78 Å². The van der Waals surface area contributed by atoms with E-state index < -0.39 is 45.9 Å². The quantitative estimate of drug-likeness (QED) is 0.178. The summed E-state index contributed by atoms with van der Waals surface area (Å²) in [4.78, 5) is 26.6. The van der Waals surface area contributed by atoms with Gasteiger partial charge in [-0.15, -0.1) is 0 Å². The summed E-state index contributed by atoms with van der Waals surface area (Å²) in [5.74, 6) is -2.62. The number of nitrogens with zero attached hydrogens (tertiary/aromatic N) is 3. The van der Waals surface area contributed by atoms with Gasteiger partial charge >= 0.3 is 5.97 Å². The Balaban J connectivity index is 1.55. The number of benzene rings is 3. The molecule has 8 nitrogen and oxygen atoms in total. The molecular weight excluding hydrogens is 570 g/mol. The molecule has 0 bridgehead atoms. The van der Waals surface area contributed by atoms with E-state index in [1.165, 1.54) is 13.2 Å². The minimum absolute atomic E-state index is 0.0591. The van der Waals surface area contributed by atoms with Crippen LogP contribution in [0.15, 0.2) is 48.5 Å². The van der Waals surface area contributed by atoms with Gasteiger partial charge in [0.1, 0.15) is 17.9 Å². The summed E-state index contributed by atoms with van der Waals surface area (Å²) in [6.45, 7) is 3.61. The fourth-order valence-corrected chi connectivity index (χ4v) is 8.10. The van der Waals surface area contributed by atoms with Crippen LogP contribution in [-0.2, 0) is 21.5 Å². The lowest BCUT2D eigenvalue weighted by Crippen LogP contribution is -2.63. The Labute approximate surface area is 244 Å². The highest BCUT2D eigenvalue weighted by molar-refractivity contribution is 6.31. The molecule has 11 heteroatoms. The molecule has 1 saturated heterocycles. The van der Waals surface area contributed by atoms with Crippen LogP contribution in [0.2, 0.25) is 10.0 Å². The molecule has 1 spiro atoms. The largest absolute Gasteiger partial charge is 0.632 e. The SMILES string of the molecule is CC[N+]1([O-])[C@H]2Cc3c4ccc(C(=O)OC)c(C)c4nn3C2[C@H](c2cccc(Cl)c2F)[C@]12C(=O)Nc1cc(Cl)ccc12. The molecule has 1 N–H and O–H groups in total. The number of methoxy groups -OCH3 is 1. The molecule has 0 saturated carbocycles. The number of ether oxygens (including phenoxy) is 1. The van der Waals surface area contributed by atoms with Crippen LogP contribution in [0.4, 0.5) is 10.1 Å². The summed E-state index contributed by atoms with van der Waals surface area (Å²) >= 11 is 12.6. The number of likely N-dealkylation sites (N-methyl/N-ethyl adjacent to an activating group) is 1. The average molecular weight is 595 g/mol. The lowest BCUT2D eigenvalue weighted by molar-refractivity contribution is -0.936. The number of carbonyl (C=O) groups is 2. The Morgan fingerprint density at radius 1 is 1.27 bits per heavy atom. The predicted molar refractivity (Wildman–Crippen MR) is 152 cm³/mol. The Bertz CT molecular complexity index is 1830. The Morgan fingerprint density at radius 3 is 2.78 bits per heavy atom. The first-order chi connectivity index (χ1) is 19.6. The lowest BCUT2D eigenvalue weighted by atomic mass is 9.73. The molecule has 3 aromatic carbocycles. The number of fused-ring (bicyclic) bond motifs is 7. The monoisotopic (exact) mass is 594 g/mol. The normalized spacial score (nSPS) is 27.7. The lowest BCUT2D eigenvalue weighted by Gasteiger charge is -2.53. The fraction of sp³-hybridized carbons (Fsp3) is 0.300. The third kappa shape index (κ3) is 3.09. The molecule has 1 aromatic heterocycles. The number of nitrogens with one attached hydrogen (secondary N) is 1. The topological polar surface area (TPSA) is 96.3 Å². The minimum Gasteiger partial charge on any atom is -0.632 e. The zero-order valence-electron chi connectivity index (χ0n) is 22.4. The van der Waals surface area contributed by atoms with E-state index in [1.54, 1.807) is 54.9 Å². The number of amides is 1. The van der Waals surface area contributed by atoms with Crippen LogP contribution >= 0.6 is 23.2 Å². The van der Waals surface area contributed by atoms with Gasteiger partial charge in [-0.1, -0.05) is 41.4 Å². The third-order valence-electron chi connectivity index (χ3n) is 9.41. The number of hydrogen-bond donors (Lipinski definition) is 1. The molecule has 5 atom stereocenters. The average Bonchev–Trinajstić information content (AvgIpc) is 3.64. The van der Waals surface area contributed by atoms with Crippen LogP contribution < -0.4 is 5.32 Å². The first-order valence-corrected chi connectivity index (χ1v) is 14.1. The number of rotatable bonds is 3. The van der Waals surface area contributed by atoms with Gasteiger partial charge in [-0.2, -0.15) is 5.10 Å². The molecular formula is C30H25Cl2FN4O4. The maximum atomic E-state index is 16.0. The number of esters is 1. The number of likely N-dealkylation sites (tertiary alicyclic amines) is 1. The summed E-state index contributed by atoms with van der Waals surface area (Å²) in [6.07, 6.45) is 0.312. The van der Waals surface area contributed by atoms with Crippen LogP contribution in [0.3, 0.4) is 0 Å². The molecule has 7 rings (SSSR count). The van der Waals surface area contributed by atoms with Gasteiger partial charge < -0.3 is 19.9 Å². The molecule has 3 aliphatic rings. The Kier molecular flexibility index (Phi) is 5.64. The number of anilines is 1. The summed E-state index contributed by atoms with van der Waals surface area (Å²) in [7, 11) is 1.32. The number of aromatic nitrogens is 2. The first kappa shape index (κ1) is 26.4. The van der Waals surface area contributed by atoms with Crippen molar-refractivity contribution < 1.29 is 23.4 Å². The summed E-state index contributed by atoms with van der Waals surface area (Å²) in [5, 5.41) is 24.4. The molecule has 4 aromatic rings. The number of hydroxylamine groups is 3. The molecule has 4 heterocycles. The van der Waals surface area contributed by atoms with E-state index >= 15 is 9.60 Å². The number of halogens is 3. The fourth-order valence-electron chi connectivity index (χ4n) is 7.75. The molecule has 2 unspecified atom stereocenters. The van der Waals surface area contributed by atoms with E-state index in [4.69, 9.17) is 33.0 Å². The van der Waals surface area contributed by atoms with Gasteiger partial charge in [-0.3, -0.25) is 9.48 Å². The van der Waals surface area contributed by atoms with Gasteiger partial charge in [-0.25, -0.2) is 9.18 Å². The second-order valence-electron chi connectivity index (χ2n) is 10.9. The van der Waals surface area contributed by atoms with E-state index in [2.05, 4.69) is 5.32 Å². The number of aryl methyl sites for hydroxylation is 1. The molecule has 1 fully saturated rings. The van der Waals surface area contributed by atoms with Crippen molar-refractivity contribution in [3.63, 3.8) is 0 Å². The van der Waals surface area contributed by atoms with Crippen molar-refractivity contribution in [2.45, 2.75) is 43.8 Å². The predicted octanol–water partition coefficient (Wildman–Crippen LogP) is 6.02. The van der Waals surface area contributed by atoms with Gasteiger partial charge in [-0.05, 0) is 49.7 Å². The molecule has 0 radical (unpaired) electrons. The molecule has 0 aliphatic carbocycles. The standard InChI is InChI=1S/C30H25Cl2FN4O4/c1-4-37(40)23-13-22-17-10-9-16(28(38)41-3)14(2)26(17)35-36(22)27(23)24(18-6-5-7-20(32)25(18)33)30(37)19-11-8-15(31)12-21(19)34-29(30)39/h5-12,23-24,27H,4,13H2,1-3H3,(H,34,39)/t23-,24-,27?,30+,37?/m0/s1. The highest BCUT2D eigenvalue weighted by Gasteiger charge is 2.76. The van der Waals surface area contributed by atoms with Crippen molar-refractivity contribution in [2.75, 3.05) is 19.0 Å². The van der Waals surface area contributed by atoms with Gasteiger partial charge in [0.2, 0.25) is 5.54 Å². The second-order valence-corrected chi connectivity index (χ2v) is 11.8. The van der Waals surface area contributed by atoms with Crippen LogP contribution in [0.25, 0.3) is 10.9 Å². The molecule has 210 valence electrons. The zero-order valence-corrected chi connectivity index (χ0v) is 23.9. The molecule has 3 aliphatic heterocycles. The van der Waals surface area contributed by atoms with E-state index in [0.29, 0.717) is 39.3 Å². The smallest absolute Gasteiger partial charge is 0.338 e. The van der Waals surface area contributed by atoms with Crippen molar-refractivity contribution >= 4 is 51.7 Å². The second kappa shape index (κ2) is 8.75. The highest BCUT2D eigenvalue weighted by Crippen LogP contribution is 2.67. The maximum absolute atomic E-state index is 16.0. The van der Waals surface area contributed by atoms with Crippen LogP contribution in [0.5, 0.6) is 0 Å². The van der Waals surface area contributed by atoms with Crippen molar-refractivity contribution in [1.29, 1.82) is 0 Å². The van der Waals surface area contributed by atoms with Gasteiger partial charge in [0.15, 0.2) is 0 Å². The summed E-state index contributed by atoms with van der Waals surface area (Å²) in [5.41, 5.74) is 1.79. The van der Waals surface area contributed by atoms with Crippen LogP contribution in [-0.4, -0.2) is 46.0 Å². The van der Waals surface area contributed by atoms with Crippen molar-refractivity contribution in [2.24, 2.45) is 0 Å². The molecule has 1 amide bonds. The summed E-state index contributed by atoms with van der Waals surface area (Å²) in [6, 6.07) is 11.8. The van der Waals surface area contributed by atoms with Crippen LogP contribution in [0, 0.1) is 17.9 Å². The first-order valence-electron chi connectivity index (χ1n) is 13.3. The zero-order chi connectivity index (χ0) is 29.0. The number of quaternary nitrogens is 1.